The molecule has 1 heterocycles. The fourth-order valence-corrected chi connectivity index (χ4v) is 4.38. The van der Waals surface area contributed by atoms with Crippen molar-refractivity contribution in [2.45, 2.75) is 39.2 Å². The molecule has 1 aliphatic rings. The van der Waals surface area contributed by atoms with E-state index in [1.54, 1.807) is 6.92 Å². The van der Waals surface area contributed by atoms with E-state index in [4.69, 9.17) is 4.74 Å². The van der Waals surface area contributed by atoms with E-state index in [9.17, 15) is 9.59 Å². The lowest BCUT2D eigenvalue weighted by molar-refractivity contribution is -0.115. The van der Waals surface area contributed by atoms with Crippen molar-refractivity contribution in [3.05, 3.63) is 51.2 Å². The average Bonchev–Trinajstić information content (AvgIpc) is 3.01. The van der Waals surface area contributed by atoms with E-state index >= 15 is 0 Å². The number of carbonyl (C=O) groups excluding carboxylic acids is 2. The molecule has 2 N–H and O–H groups in total. The zero-order valence-corrected chi connectivity index (χ0v) is 15.8. The van der Waals surface area contributed by atoms with Gasteiger partial charge in [-0.05, 0) is 43.7 Å². The number of benzene rings is 1. The van der Waals surface area contributed by atoms with E-state index in [-0.39, 0.29) is 18.4 Å². The zero-order valence-electron chi connectivity index (χ0n) is 15.0. The number of carbonyl (C=O) groups is 2. The molecular weight excluding hydrogens is 348 g/mol. The van der Waals surface area contributed by atoms with Crippen LogP contribution in [-0.2, 0) is 28.9 Å². The van der Waals surface area contributed by atoms with Crippen LogP contribution in [0.15, 0.2) is 30.3 Å². The lowest BCUT2D eigenvalue weighted by atomic mass is 9.97. The summed E-state index contributed by atoms with van der Waals surface area (Å²) in [6.45, 7) is 2.94. The quantitative estimate of drug-likeness (QED) is 0.730. The fraction of sp³-hybridized carbons (Fsp3) is 0.400. The van der Waals surface area contributed by atoms with E-state index in [0.29, 0.717) is 23.7 Å². The van der Waals surface area contributed by atoms with Crippen LogP contribution in [0.2, 0.25) is 0 Å². The van der Waals surface area contributed by atoms with Gasteiger partial charge in [0.25, 0.3) is 0 Å². The van der Waals surface area contributed by atoms with Crippen molar-refractivity contribution in [1.29, 1.82) is 0 Å². The topological polar surface area (TPSA) is 67.4 Å². The average molecular weight is 372 g/mol. The lowest BCUT2D eigenvalue weighted by Gasteiger charge is -2.14. The van der Waals surface area contributed by atoms with Gasteiger partial charge in [0.05, 0.1) is 18.8 Å². The first-order chi connectivity index (χ1) is 12.7. The second-order valence-electron chi connectivity index (χ2n) is 6.27. The Morgan fingerprint density at radius 3 is 2.69 bits per heavy atom. The molecule has 1 amide bonds. The summed E-state index contributed by atoms with van der Waals surface area (Å²) in [7, 11) is 0. The number of anilines is 1. The first kappa shape index (κ1) is 18.6. The summed E-state index contributed by atoms with van der Waals surface area (Å²) in [6.07, 6.45) is 4.08. The molecule has 0 bridgehead atoms. The molecule has 5 nitrogen and oxygen atoms in total. The zero-order chi connectivity index (χ0) is 18.4. The van der Waals surface area contributed by atoms with Crippen molar-refractivity contribution in [3.8, 4) is 0 Å². The fourth-order valence-electron chi connectivity index (χ4n) is 3.14. The number of fused-ring (bicyclic) bond motifs is 1. The third-order valence-corrected chi connectivity index (χ3v) is 5.63. The highest BCUT2D eigenvalue weighted by Crippen LogP contribution is 2.38. The van der Waals surface area contributed by atoms with Gasteiger partial charge in [-0.15, -0.1) is 11.3 Å². The molecule has 3 rings (SSSR count). The van der Waals surface area contributed by atoms with Crippen molar-refractivity contribution in [1.82, 2.24) is 5.32 Å². The van der Waals surface area contributed by atoms with Crippen molar-refractivity contribution in [2.24, 2.45) is 0 Å². The van der Waals surface area contributed by atoms with Gasteiger partial charge >= 0.3 is 5.97 Å². The molecule has 1 aromatic heterocycles. The first-order valence-corrected chi connectivity index (χ1v) is 9.86. The number of aryl methyl sites for hydroxylation is 1. The Kier molecular flexibility index (Phi) is 6.41. The van der Waals surface area contributed by atoms with Crippen LogP contribution < -0.4 is 10.6 Å². The Bertz CT molecular complexity index is 771. The molecule has 138 valence electrons. The van der Waals surface area contributed by atoms with Gasteiger partial charge in [-0.2, -0.15) is 0 Å². The molecule has 0 spiro atoms. The van der Waals surface area contributed by atoms with Crippen molar-refractivity contribution in [2.75, 3.05) is 18.5 Å². The van der Waals surface area contributed by atoms with Gasteiger partial charge in [-0.25, -0.2) is 4.79 Å². The predicted octanol–water partition coefficient (Wildman–Crippen LogP) is 3.53. The number of hydrogen-bond donors (Lipinski definition) is 2. The molecular formula is C20H24N2O3S. The molecule has 2 aromatic rings. The smallest absolute Gasteiger partial charge is 0.350 e. The van der Waals surface area contributed by atoms with E-state index in [0.717, 1.165) is 36.8 Å². The normalized spacial score (nSPS) is 13.1. The summed E-state index contributed by atoms with van der Waals surface area (Å²) in [5.74, 6) is -0.489. The van der Waals surface area contributed by atoms with Crippen LogP contribution in [0.5, 0.6) is 0 Å². The molecule has 26 heavy (non-hydrogen) atoms. The third kappa shape index (κ3) is 4.51. The Labute approximate surface area is 157 Å². The van der Waals surface area contributed by atoms with Gasteiger partial charge in [0, 0.05) is 11.4 Å². The number of amides is 1. The maximum absolute atomic E-state index is 12.4. The summed E-state index contributed by atoms with van der Waals surface area (Å²) in [4.78, 5) is 26.4. The molecule has 0 unspecified atom stereocenters. The van der Waals surface area contributed by atoms with E-state index in [1.807, 2.05) is 30.3 Å². The number of thiophene rings is 1. The summed E-state index contributed by atoms with van der Waals surface area (Å²) in [6, 6.07) is 9.94. The Balaban J connectivity index is 1.66. The third-order valence-electron chi connectivity index (χ3n) is 4.35. The standard InChI is InChI=1S/C20H24N2O3S/c1-2-25-20(24)19-18(15-10-6-7-11-16(15)26-19)22-17(23)13-21-12-14-8-4-3-5-9-14/h3-5,8-9,21H,2,6-7,10-13H2,1H3,(H,22,23). The van der Waals surface area contributed by atoms with Gasteiger partial charge in [0.15, 0.2) is 0 Å². The van der Waals surface area contributed by atoms with Crippen LogP contribution in [0.4, 0.5) is 5.69 Å². The molecule has 0 fully saturated rings. The number of hydrogen-bond acceptors (Lipinski definition) is 5. The molecule has 0 saturated carbocycles. The van der Waals surface area contributed by atoms with E-state index in [1.165, 1.54) is 16.2 Å². The maximum atomic E-state index is 12.4. The Morgan fingerprint density at radius 1 is 1.15 bits per heavy atom. The van der Waals surface area contributed by atoms with Crippen LogP contribution in [0.25, 0.3) is 0 Å². The van der Waals surface area contributed by atoms with Gasteiger partial charge in [0.1, 0.15) is 4.88 Å². The molecule has 0 radical (unpaired) electrons. The lowest BCUT2D eigenvalue weighted by Crippen LogP contribution is -2.28. The molecule has 0 saturated heterocycles. The minimum Gasteiger partial charge on any atom is -0.462 e. The molecule has 0 aliphatic heterocycles. The SMILES string of the molecule is CCOC(=O)c1sc2c(c1NC(=O)CNCc1ccccc1)CCCC2. The Hall–Kier alpha value is -2.18. The highest BCUT2D eigenvalue weighted by molar-refractivity contribution is 7.14. The largest absolute Gasteiger partial charge is 0.462 e. The molecule has 6 heteroatoms. The second kappa shape index (κ2) is 8.96. The highest BCUT2D eigenvalue weighted by Gasteiger charge is 2.26. The van der Waals surface area contributed by atoms with Crippen molar-refractivity contribution >= 4 is 28.9 Å². The Morgan fingerprint density at radius 2 is 1.92 bits per heavy atom. The second-order valence-corrected chi connectivity index (χ2v) is 7.38. The predicted molar refractivity (Wildman–Crippen MR) is 104 cm³/mol. The van der Waals surface area contributed by atoms with E-state index in [2.05, 4.69) is 10.6 Å². The number of rotatable bonds is 7. The van der Waals surface area contributed by atoms with E-state index < -0.39 is 0 Å². The van der Waals surface area contributed by atoms with Crippen LogP contribution in [-0.4, -0.2) is 25.0 Å². The minimum atomic E-state index is -0.348. The van der Waals surface area contributed by atoms with Gasteiger partial charge in [0.2, 0.25) is 5.91 Å². The summed E-state index contributed by atoms with van der Waals surface area (Å²) in [5, 5.41) is 6.10. The minimum absolute atomic E-state index is 0.141. The van der Waals surface area contributed by atoms with Gasteiger partial charge in [-0.1, -0.05) is 30.3 Å². The number of nitrogens with one attached hydrogen (secondary N) is 2. The number of ether oxygens (including phenoxy) is 1. The van der Waals surface area contributed by atoms with Crippen LogP contribution in [0, 0.1) is 0 Å². The monoisotopic (exact) mass is 372 g/mol. The summed E-state index contributed by atoms with van der Waals surface area (Å²) in [5.41, 5.74) is 2.90. The summed E-state index contributed by atoms with van der Waals surface area (Å²) >= 11 is 1.46. The highest BCUT2D eigenvalue weighted by atomic mass is 32.1. The van der Waals surface area contributed by atoms with Crippen LogP contribution >= 0.6 is 11.3 Å². The van der Waals surface area contributed by atoms with Crippen molar-refractivity contribution < 1.29 is 14.3 Å². The first-order valence-electron chi connectivity index (χ1n) is 9.05. The molecule has 1 aliphatic carbocycles. The van der Waals surface area contributed by atoms with Crippen molar-refractivity contribution in [3.63, 3.8) is 0 Å². The van der Waals surface area contributed by atoms with Crippen LogP contribution in [0.1, 0.15) is 45.4 Å². The molecule has 0 atom stereocenters. The maximum Gasteiger partial charge on any atom is 0.350 e. The van der Waals surface area contributed by atoms with Gasteiger partial charge < -0.3 is 15.4 Å². The summed E-state index contributed by atoms with van der Waals surface area (Å²) < 4.78 is 5.17. The van der Waals surface area contributed by atoms with Crippen LogP contribution in [0.3, 0.4) is 0 Å². The van der Waals surface area contributed by atoms with Gasteiger partial charge in [-0.3, -0.25) is 4.79 Å². The number of esters is 1. The molecule has 1 aromatic carbocycles.